The van der Waals surface area contributed by atoms with Crippen molar-refractivity contribution in [3.8, 4) is 0 Å². The van der Waals surface area contributed by atoms with Crippen molar-refractivity contribution in [1.29, 1.82) is 0 Å². The fourth-order valence-electron chi connectivity index (χ4n) is 0.978. The largest absolute Gasteiger partial charge is 0.336 e. The number of nitrogens with zero attached hydrogens (tertiary/aromatic N) is 2. The number of hydrogen-bond donors (Lipinski definition) is 1. The van der Waals surface area contributed by atoms with Crippen LogP contribution in [0.25, 0.3) is 0 Å². The van der Waals surface area contributed by atoms with E-state index in [1.165, 1.54) is 0 Å². The van der Waals surface area contributed by atoms with Crippen LogP contribution < -0.4 is 5.73 Å². The molecular formula is C7H13N3. The van der Waals surface area contributed by atoms with Crippen LogP contribution in [0.1, 0.15) is 19.5 Å². The molecule has 0 aromatic carbocycles. The molecule has 3 heteroatoms. The lowest BCUT2D eigenvalue weighted by Crippen LogP contribution is -2.30. The van der Waals surface area contributed by atoms with Crippen LogP contribution in [0.2, 0.25) is 0 Å². The standard InChI is InChI=1S/C7H13N3/c1-7(2,8)6-4-9-5-10(6)3/h4-5H,8H2,1-3H3. The molecule has 56 valence electrons. The molecule has 0 unspecified atom stereocenters. The number of nitrogens with two attached hydrogens (primary N) is 1. The molecule has 0 aliphatic rings. The van der Waals surface area contributed by atoms with E-state index in [2.05, 4.69) is 4.98 Å². The summed E-state index contributed by atoms with van der Waals surface area (Å²) in [6, 6.07) is 0. The Morgan fingerprint density at radius 1 is 1.60 bits per heavy atom. The highest BCUT2D eigenvalue weighted by atomic mass is 15.0. The van der Waals surface area contributed by atoms with E-state index in [0.717, 1.165) is 5.69 Å². The zero-order valence-corrected chi connectivity index (χ0v) is 6.63. The van der Waals surface area contributed by atoms with E-state index in [1.54, 1.807) is 12.5 Å². The molecule has 1 heterocycles. The first-order chi connectivity index (χ1) is 4.52. The Hall–Kier alpha value is -0.830. The smallest absolute Gasteiger partial charge is 0.0946 e. The minimum atomic E-state index is -0.286. The fraction of sp³-hybridized carbons (Fsp3) is 0.571. The number of imidazole rings is 1. The topological polar surface area (TPSA) is 43.8 Å². The van der Waals surface area contributed by atoms with E-state index in [9.17, 15) is 0 Å². The average Bonchev–Trinajstić information content (AvgIpc) is 2.11. The van der Waals surface area contributed by atoms with E-state index < -0.39 is 0 Å². The molecule has 1 rings (SSSR count). The Labute approximate surface area is 60.9 Å². The summed E-state index contributed by atoms with van der Waals surface area (Å²) in [4.78, 5) is 3.97. The SMILES string of the molecule is Cn1cncc1C(C)(C)N. The molecule has 0 saturated carbocycles. The van der Waals surface area contributed by atoms with Gasteiger partial charge in [-0.15, -0.1) is 0 Å². The highest BCUT2D eigenvalue weighted by molar-refractivity contribution is 5.08. The van der Waals surface area contributed by atoms with Gasteiger partial charge in [0.05, 0.1) is 17.6 Å². The van der Waals surface area contributed by atoms with Gasteiger partial charge in [0.25, 0.3) is 0 Å². The molecular weight excluding hydrogens is 126 g/mol. The molecule has 10 heavy (non-hydrogen) atoms. The van der Waals surface area contributed by atoms with Gasteiger partial charge in [0.1, 0.15) is 0 Å². The minimum absolute atomic E-state index is 0.286. The first kappa shape index (κ1) is 7.28. The Kier molecular flexibility index (Phi) is 1.52. The Bertz CT molecular complexity index is 219. The quantitative estimate of drug-likeness (QED) is 0.619. The number of hydrogen-bond acceptors (Lipinski definition) is 2. The number of aromatic nitrogens is 2. The summed E-state index contributed by atoms with van der Waals surface area (Å²) in [5, 5.41) is 0. The van der Waals surface area contributed by atoms with E-state index in [1.807, 2.05) is 25.5 Å². The molecule has 0 fully saturated rings. The summed E-state index contributed by atoms with van der Waals surface area (Å²) in [6.07, 6.45) is 3.55. The van der Waals surface area contributed by atoms with Crippen LogP contribution in [-0.4, -0.2) is 9.55 Å². The molecule has 0 aliphatic carbocycles. The van der Waals surface area contributed by atoms with Gasteiger partial charge >= 0.3 is 0 Å². The first-order valence-corrected chi connectivity index (χ1v) is 3.27. The molecule has 3 nitrogen and oxygen atoms in total. The van der Waals surface area contributed by atoms with Gasteiger partial charge in [-0.3, -0.25) is 0 Å². The van der Waals surface area contributed by atoms with Gasteiger partial charge in [0.2, 0.25) is 0 Å². The molecule has 0 amide bonds. The predicted molar refractivity (Wildman–Crippen MR) is 40.4 cm³/mol. The highest BCUT2D eigenvalue weighted by Gasteiger charge is 2.16. The fourth-order valence-corrected chi connectivity index (χ4v) is 0.978. The summed E-state index contributed by atoms with van der Waals surface area (Å²) in [7, 11) is 1.94. The Morgan fingerprint density at radius 2 is 2.20 bits per heavy atom. The summed E-state index contributed by atoms with van der Waals surface area (Å²) in [5.74, 6) is 0. The van der Waals surface area contributed by atoms with E-state index in [4.69, 9.17) is 5.73 Å². The number of aryl methyl sites for hydroxylation is 1. The number of rotatable bonds is 1. The van der Waals surface area contributed by atoms with Crippen LogP contribution in [0.5, 0.6) is 0 Å². The van der Waals surface area contributed by atoms with Gasteiger partial charge in [-0.2, -0.15) is 0 Å². The highest BCUT2D eigenvalue weighted by Crippen LogP contribution is 2.13. The third-order valence-corrected chi connectivity index (χ3v) is 1.48. The van der Waals surface area contributed by atoms with Crippen molar-refractivity contribution >= 4 is 0 Å². The van der Waals surface area contributed by atoms with Crippen LogP contribution in [0.3, 0.4) is 0 Å². The lowest BCUT2D eigenvalue weighted by atomic mass is 10.0. The predicted octanol–water partition coefficient (Wildman–Crippen LogP) is 0.614. The van der Waals surface area contributed by atoms with Gasteiger partial charge in [-0.05, 0) is 13.8 Å². The molecule has 0 atom stereocenters. The molecule has 0 bridgehead atoms. The van der Waals surface area contributed by atoms with Gasteiger partial charge in [-0.1, -0.05) is 0 Å². The Balaban J connectivity index is 3.05. The first-order valence-electron chi connectivity index (χ1n) is 3.27. The second kappa shape index (κ2) is 2.09. The van der Waals surface area contributed by atoms with Gasteiger partial charge in [0, 0.05) is 13.2 Å². The van der Waals surface area contributed by atoms with Crippen molar-refractivity contribution in [1.82, 2.24) is 9.55 Å². The normalized spacial score (nSPS) is 12.0. The molecule has 0 spiro atoms. The zero-order valence-electron chi connectivity index (χ0n) is 6.63. The van der Waals surface area contributed by atoms with E-state index in [0.29, 0.717) is 0 Å². The van der Waals surface area contributed by atoms with Gasteiger partial charge < -0.3 is 10.3 Å². The minimum Gasteiger partial charge on any atom is -0.336 e. The molecule has 1 aromatic heterocycles. The van der Waals surface area contributed by atoms with Crippen molar-refractivity contribution in [2.45, 2.75) is 19.4 Å². The van der Waals surface area contributed by atoms with Crippen LogP contribution in [-0.2, 0) is 12.6 Å². The van der Waals surface area contributed by atoms with Crippen molar-refractivity contribution < 1.29 is 0 Å². The third kappa shape index (κ3) is 1.19. The maximum Gasteiger partial charge on any atom is 0.0946 e. The lowest BCUT2D eigenvalue weighted by molar-refractivity contribution is 0.513. The maximum absolute atomic E-state index is 5.84. The molecule has 2 N–H and O–H groups in total. The Morgan fingerprint density at radius 3 is 2.40 bits per heavy atom. The monoisotopic (exact) mass is 139 g/mol. The third-order valence-electron chi connectivity index (χ3n) is 1.48. The second-order valence-corrected chi connectivity index (χ2v) is 3.11. The second-order valence-electron chi connectivity index (χ2n) is 3.11. The average molecular weight is 139 g/mol. The van der Waals surface area contributed by atoms with Crippen molar-refractivity contribution in [3.05, 3.63) is 18.2 Å². The summed E-state index contributed by atoms with van der Waals surface area (Å²) >= 11 is 0. The van der Waals surface area contributed by atoms with E-state index >= 15 is 0 Å². The summed E-state index contributed by atoms with van der Waals surface area (Å²) < 4.78 is 1.93. The van der Waals surface area contributed by atoms with Crippen LogP contribution in [0, 0.1) is 0 Å². The lowest BCUT2D eigenvalue weighted by Gasteiger charge is -2.18. The van der Waals surface area contributed by atoms with E-state index in [-0.39, 0.29) is 5.54 Å². The maximum atomic E-state index is 5.84. The molecule has 0 saturated heterocycles. The molecule has 0 aliphatic heterocycles. The van der Waals surface area contributed by atoms with Crippen LogP contribution >= 0.6 is 0 Å². The van der Waals surface area contributed by atoms with Crippen molar-refractivity contribution in [2.24, 2.45) is 12.8 Å². The van der Waals surface area contributed by atoms with Crippen LogP contribution in [0.15, 0.2) is 12.5 Å². The van der Waals surface area contributed by atoms with Crippen molar-refractivity contribution in [2.75, 3.05) is 0 Å². The van der Waals surface area contributed by atoms with Crippen LogP contribution in [0.4, 0.5) is 0 Å². The van der Waals surface area contributed by atoms with Crippen molar-refractivity contribution in [3.63, 3.8) is 0 Å². The van der Waals surface area contributed by atoms with Gasteiger partial charge in [-0.25, -0.2) is 4.98 Å². The van der Waals surface area contributed by atoms with Gasteiger partial charge in [0.15, 0.2) is 0 Å². The molecule has 1 aromatic rings. The summed E-state index contributed by atoms with van der Waals surface area (Å²) in [6.45, 7) is 3.92. The zero-order chi connectivity index (χ0) is 7.78. The molecule has 0 radical (unpaired) electrons. The summed E-state index contributed by atoms with van der Waals surface area (Å²) in [5.41, 5.74) is 6.60.